The number of nitrogens with zero attached hydrogens (tertiary/aromatic N) is 2. The Morgan fingerprint density at radius 1 is 1.04 bits per heavy atom. The second-order valence-corrected chi connectivity index (χ2v) is 5.80. The van der Waals surface area contributed by atoms with E-state index < -0.39 is 5.97 Å². The molecule has 0 radical (unpaired) electrons. The number of hydrogen-bond donors (Lipinski definition) is 0. The lowest BCUT2D eigenvalue weighted by atomic mass is 10.1. The molecule has 0 fully saturated rings. The van der Waals surface area contributed by atoms with Gasteiger partial charge in [0.2, 0.25) is 5.88 Å². The van der Waals surface area contributed by atoms with Crippen LogP contribution in [-0.4, -0.2) is 22.5 Å². The first-order valence-corrected chi connectivity index (χ1v) is 8.43. The minimum absolute atomic E-state index is 0.186. The topological polar surface area (TPSA) is 61.3 Å². The summed E-state index contributed by atoms with van der Waals surface area (Å²) in [6.45, 7) is 5.99. The molecule has 0 atom stereocenters. The van der Waals surface area contributed by atoms with Gasteiger partial charge in [-0.2, -0.15) is 4.98 Å². The van der Waals surface area contributed by atoms with Gasteiger partial charge in [0.05, 0.1) is 6.61 Å². The van der Waals surface area contributed by atoms with E-state index >= 15 is 0 Å². The number of ether oxygens (including phenoxy) is 2. The summed E-state index contributed by atoms with van der Waals surface area (Å²) in [6, 6.07) is 15.3. The van der Waals surface area contributed by atoms with Gasteiger partial charge in [-0.3, -0.25) is 0 Å². The van der Waals surface area contributed by atoms with Gasteiger partial charge in [-0.15, -0.1) is 0 Å². The maximum Gasteiger partial charge on any atom is 0.345 e. The summed E-state index contributed by atoms with van der Waals surface area (Å²) in [4.78, 5) is 21.1. The van der Waals surface area contributed by atoms with Crippen molar-refractivity contribution in [1.82, 2.24) is 9.97 Å². The van der Waals surface area contributed by atoms with E-state index in [1.165, 1.54) is 6.20 Å². The maximum absolute atomic E-state index is 12.3. The predicted octanol–water partition coefficient (Wildman–Crippen LogP) is 4.73. The second kappa shape index (κ2) is 7.78. The lowest BCUT2D eigenvalue weighted by molar-refractivity contribution is 0.0522. The standard InChI is InChI=1S/C21H20N2O3/c1-4-25-21(24)17-13-22-19(16-10-6-5-7-11-16)23-20(17)26-18-12-8-9-14(2)15(18)3/h5-13H,4H2,1-3H3. The van der Waals surface area contributed by atoms with Gasteiger partial charge in [0.15, 0.2) is 5.82 Å². The van der Waals surface area contributed by atoms with Crippen molar-refractivity contribution in [2.45, 2.75) is 20.8 Å². The van der Waals surface area contributed by atoms with Crippen LogP contribution in [0.5, 0.6) is 11.6 Å². The van der Waals surface area contributed by atoms with Gasteiger partial charge in [-0.05, 0) is 38.0 Å². The van der Waals surface area contributed by atoms with Crippen LogP contribution in [0.4, 0.5) is 0 Å². The molecule has 1 heterocycles. The summed E-state index contributed by atoms with van der Waals surface area (Å²) in [5.41, 5.74) is 3.13. The van der Waals surface area contributed by atoms with Gasteiger partial charge in [-0.1, -0.05) is 42.5 Å². The van der Waals surface area contributed by atoms with E-state index in [-0.39, 0.29) is 18.1 Å². The molecule has 0 spiro atoms. The summed E-state index contributed by atoms with van der Waals surface area (Å²) in [5.74, 6) is 0.811. The highest BCUT2D eigenvalue weighted by Gasteiger charge is 2.19. The molecule has 26 heavy (non-hydrogen) atoms. The van der Waals surface area contributed by atoms with Gasteiger partial charge in [0, 0.05) is 11.8 Å². The molecule has 0 aliphatic heterocycles. The zero-order valence-electron chi connectivity index (χ0n) is 15.0. The monoisotopic (exact) mass is 348 g/mol. The largest absolute Gasteiger partial charge is 0.462 e. The normalized spacial score (nSPS) is 10.4. The van der Waals surface area contributed by atoms with Gasteiger partial charge >= 0.3 is 5.97 Å². The van der Waals surface area contributed by atoms with Gasteiger partial charge < -0.3 is 9.47 Å². The van der Waals surface area contributed by atoms with E-state index in [9.17, 15) is 4.79 Å². The summed E-state index contributed by atoms with van der Waals surface area (Å²) in [6.07, 6.45) is 1.45. The third kappa shape index (κ3) is 3.72. The fourth-order valence-electron chi connectivity index (χ4n) is 2.46. The van der Waals surface area contributed by atoms with Crippen LogP contribution < -0.4 is 4.74 Å². The van der Waals surface area contributed by atoms with Gasteiger partial charge in [-0.25, -0.2) is 9.78 Å². The molecule has 0 saturated heterocycles. The zero-order valence-corrected chi connectivity index (χ0v) is 15.0. The number of carbonyl (C=O) groups excluding carboxylic acids is 1. The van der Waals surface area contributed by atoms with Crippen molar-refractivity contribution < 1.29 is 14.3 Å². The van der Waals surface area contributed by atoms with Gasteiger partial charge in [0.1, 0.15) is 11.3 Å². The van der Waals surface area contributed by atoms with Crippen molar-refractivity contribution >= 4 is 5.97 Å². The third-order valence-electron chi connectivity index (χ3n) is 4.04. The first kappa shape index (κ1) is 17.6. The van der Waals surface area contributed by atoms with Crippen molar-refractivity contribution in [3.63, 3.8) is 0 Å². The Bertz CT molecular complexity index is 924. The van der Waals surface area contributed by atoms with E-state index in [2.05, 4.69) is 9.97 Å². The zero-order chi connectivity index (χ0) is 18.5. The Labute approximate surface area is 152 Å². The molecule has 0 N–H and O–H groups in total. The quantitative estimate of drug-likeness (QED) is 0.624. The Hall–Kier alpha value is -3.21. The maximum atomic E-state index is 12.3. The molecule has 0 amide bonds. The Morgan fingerprint density at radius 2 is 1.81 bits per heavy atom. The third-order valence-corrected chi connectivity index (χ3v) is 4.04. The average molecular weight is 348 g/mol. The molecule has 0 unspecified atom stereocenters. The molecule has 3 rings (SSSR count). The highest BCUT2D eigenvalue weighted by molar-refractivity contribution is 5.91. The molecule has 0 aliphatic carbocycles. The highest BCUT2D eigenvalue weighted by atomic mass is 16.5. The Kier molecular flexibility index (Phi) is 5.27. The number of carbonyl (C=O) groups is 1. The first-order chi connectivity index (χ1) is 12.6. The molecule has 2 aromatic carbocycles. The summed E-state index contributed by atoms with van der Waals surface area (Å²) < 4.78 is 11.1. The van der Waals surface area contributed by atoms with Crippen LogP contribution in [0.2, 0.25) is 0 Å². The lowest BCUT2D eigenvalue weighted by Gasteiger charge is -2.13. The van der Waals surface area contributed by atoms with Crippen LogP contribution in [0.25, 0.3) is 11.4 Å². The van der Waals surface area contributed by atoms with Crippen LogP contribution in [0.1, 0.15) is 28.4 Å². The number of esters is 1. The number of benzene rings is 2. The molecular weight excluding hydrogens is 328 g/mol. The lowest BCUT2D eigenvalue weighted by Crippen LogP contribution is -2.09. The summed E-state index contributed by atoms with van der Waals surface area (Å²) in [5, 5.41) is 0. The molecule has 0 aliphatic rings. The minimum atomic E-state index is -0.507. The molecular formula is C21H20N2O3. The van der Waals surface area contributed by atoms with E-state index in [0.717, 1.165) is 16.7 Å². The number of hydrogen-bond acceptors (Lipinski definition) is 5. The minimum Gasteiger partial charge on any atom is -0.462 e. The molecule has 0 saturated carbocycles. The van der Waals surface area contributed by atoms with Crippen LogP contribution in [0.3, 0.4) is 0 Å². The van der Waals surface area contributed by atoms with E-state index in [1.807, 2.05) is 62.4 Å². The predicted molar refractivity (Wildman–Crippen MR) is 99.4 cm³/mol. The number of rotatable bonds is 5. The van der Waals surface area contributed by atoms with Crippen LogP contribution in [0, 0.1) is 13.8 Å². The first-order valence-electron chi connectivity index (χ1n) is 8.43. The second-order valence-electron chi connectivity index (χ2n) is 5.80. The highest BCUT2D eigenvalue weighted by Crippen LogP contribution is 2.29. The van der Waals surface area contributed by atoms with E-state index in [0.29, 0.717) is 11.6 Å². The van der Waals surface area contributed by atoms with Crippen molar-refractivity contribution in [3.8, 4) is 23.0 Å². The SMILES string of the molecule is CCOC(=O)c1cnc(-c2ccccc2)nc1Oc1cccc(C)c1C. The number of aryl methyl sites for hydroxylation is 1. The molecule has 5 heteroatoms. The van der Waals surface area contributed by atoms with E-state index in [4.69, 9.17) is 9.47 Å². The Morgan fingerprint density at radius 3 is 2.54 bits per heavy atom. The fraction of sp³-hybridized carbons (Fsp3) is 0.190. The summed E-state index contributed by atoms with van der Waals surface area (Å²) >= 11 is 0. The average Bonchev–Trinajstić information content (AvgIpc) is 2.66. The van der Waals surface area contributed by atoms with Gasteiger partial charge in [0.25, 0.3) is 0 Å². The molecule has 1 aromatic heterocycles. The fourth-order valence-corrected chi connectivity index (χ4v) is 2.46. The molecule has 132 valence electrons. The van der Waals surface area contributed by atoms with E-state index in [1.54, 1.807) is 6.92 Å². The molecule has 3 aromatic rings. The molecule has 5 nitrogen and oxygen atoms in total. The summed E-state index contributed by atoms with van der Waals surface area (Å²) in [7, 11) is 0. The van der Waals surface area contributed by atoms with Crippen LogP contribution >= 0.6 is 0 Å². The molecule has 0 bridgehead atoms. The smallest absolute Gasteiger partial charge is 0.345 e. The number of aromatic nitrogens is 2. The van der Waals surface area contributed by atoms with Crippen molar-refractivity contribution in [2.24, 2.45) is 0 Å². The Balaban J connectivity index is 2.06. The van der Waals surface area contributed by atoms with Crippen LogP contribution in [0.15, 0.2) is 54.7 Å². The van der Waals surface area contributed by atoms with Crippen molar-refractivity contribution in [2.75, 3.05) is 6.61 Å². The van der Waals surface area contributed by atoms with Crippen molar-refractivity contribution in [3.05, 3.63) is 71.4 Å². The van der Waals surface area contributed by atoms with Crippen LogP contribution in [-0.2, 0) is 4.74 Å². The van der Waals surface area contributed by atoms with Crippen molar-refractivity contribution in [1.29, 1.82) is 0 Å².